The Morgan fingerprint density at radius 3 is 2.90 bits per heavy atom. The maximum atomic E-state index is 11.8. The molecule has 0 aromatic heterocycles. The SMILES string of the molecule is O=C(CNCC1CCCC1CO)Nc1cccc(Br)c1. The van der Waals surface area contributed by atoms with E-state index in [9.17, 15) is 9.90 Å². The molecule has 0 spiro atoms. The first-order chi connectivity index (χ1) is 9.69. The van der Waals surface area contributed by atoms with Gasteiger partial charge >= 0.3 is 0 Å². The van der Waals surface area contributed by atoms with Gasteiger partial charge in [0.1, 0.15) is 0 Å². The first-order valence-electron chi connectivity index (χ1n) is 7.06. The first kappa shape index (κ1) is 15.5. The molecule has 2 rings (SSSR count). The van der Waals surface area contributed by atoms with Crippen LogP contribution in [0.3, 0.4) is 0 Å². The first-order valence-corrected chi connectivity index (χ1v) is 7.85. The molecule has 0 bridgehead atoms. The monoisotopic (exact) mass is 340 g/mol. The third-order valence-corrected chi connectivity index (χ3v) is 4.34. The fraction of sp³-hybridized carbons (Fsp3) is 0.533. The highest BCUT2D eigenvalue weighted by Gasteiger charge is 2.26. The summed E-state index contributed by atoms with van der Waals surface area (Å²) in [6.07, 6.45) is 3.43. The van der Waals surface area contributed by atoms with E-state index in [0.717, 1.165) is 29.5 Å². The number of anilines is 1. The van der Waals surface area contributed by atoms with Crippen molar-refractivity contribution in [2.24, 2.45) is 11.8 Å². The summed E-state index contributed by atoms with van der Waals surface area (Å²) in [6.45, 7) is 1.37. The Kier molecular flexibility index (Phi) is 6.01. The van der Waals surface area contributed by atoms with Gasteiger partial charge < -0.3 is 15.7 Å². The fourth-order valence-corrected chi connectivity index (χ4v) is 3.16. The van der Waals surface area contributed by atoms with Crippen LogP contribution in [0.25, 0.3) is 0 Å². The molecule has 1 amide bonds. The molecule has 0 radical (unpaired) electrons. The second kappa shape index (κ2) is 7.76. The Bertz CT molecular complexity index is 453. The predicted octanol–water partition coefficient (Wildman–Crippen LogP) is 2.39. The van der Waals surface area contributed by atoms with Crippen LogP contribution >= 0.6 is 15.9 Å². The molecule has 1 aromatic carbocycles. The van der Waals surface area contributed by atoms with E-state index < -0.39 is 0 Å². The molecule has 1 fully saturated rings. The summed E-state index contributed by atoms with van der Waals surface area (Å²) in [5.74, 6) is 0.857. The van der Waals surface area contributed by atoms with Gasteiger partial charge in [0.25, 0.3) is 0 Å². The van der Waals surface area contributed by atoms with E-state index in [-0.39, 0.29) is 12.5 Å². The summed E-state index contributed by atoms with van der Waals surface area (Å²) in [7, 11) is 0. The third-order valence-electron chi connectivity index (χ3n) is 3.85. The normalized spacial score (nSPS) is 21.9. The molecule has 1 saturated carbocycles. The lowest BCUT2D eigenvalue weighted by Gasteiger charge is -2.17. The number of halogens is 1. The van der Waals surface area contributed by atoms with E-state index in [0.29, 0.717) is 18.4 Å². The number of amides is 1. The minimum absolute atomic E-state index is 0.0401. The van der Waals surface area contributed by atoms with Crippen LogP contribution in [0.5, 0.6) is 0 Å². The number of benzene rings is 1. The molecule has 110 valence electrons. The smallest absolute Gasteiger partial charge is 0.238 e. The summed E-state index contributed by atoms with van der Waals surface area (Å²) >= 11 is 3.37. The van der Waals surface area contributed by atoms with Gasteiger partial charge in [0.05, 0.1) is 6.54 Å². The van der Waals surface area contributed by atoms with Crippen LogP contribution in [0, 0.1) is 11.8 Å². The molecule has 4 nitrogen and oxygen atoms in total. The van der Waals surface area contributed by atoms with E-state index in [2.05, 4.69) is 26.6 Å². The zero-order valence-electron chi connectivity index (χ0n) is 11.4. The topological polar surface area (TPSA) is 61.4 Å². The van der Waals surface area contributed by atoms with Crippen molar-refractivity contribution in [3.05, 3.63) is 28.7 Å². The minimum atomic E-state index is -0.0401. The van der Waals surface area contributed by atoms with Gasteiger partial charge in [0, 0.05) is 16.8 Å². The zero-order chi connectivity index (χ0) is 14.4. The Labute approximate surface area is 128 Å². The molecule has 1 aliphatic carbocycles. The number of rotatable bonds is 6. The van der Waals surface area contributed by atoms with Gasteiger partial charge in [-0.2, -0.15) is 0 Å². The van der Waals surface area contributed by atoms with Crippen molar-refractivity contribution in [3.8, 4) is 0 Å². The van der Waals surface area contributed by atoms with Gasteiger partial charge in [-0.25, -0.2) is 0 Å². The zero-order valence-corrected chi connectivity index (χ0v) is 13.0. The molecule has 2 atom stereocenters. The van der Waals surface area contributed by atoms with Crippen molar-refractivity contribution < 1.29 is 9.90 Å². The van der Waals surface area contributed by atoms with Crippen molar-refractivity contribution in [2.45, 2.75) is 19.3 Å². The van der Waals surface area contributed by atoms with Crippen LogP contribution in [0.1, 0.15) is 19.3 Å². The molecule has 1 aliphatic rings. The molecular weight excluding hydrogens is 320 g/mol. The molecule has 0 aliphatic heterocycles. The van der Waals surface area contributed by atoms with Gasteiger partial charge in [-0.15, -0.1) is 0 Å². The Hall–Kier alpha value is -0.910. The lowest BCUT2D eigenvalue weighted by atomic mass is 9.97. The van der Waals surface area contributed by atoms with Crippen LogP contribution < -0.4 is 10.6 Å². The van der Waals surface area contributed by atoms with Crippen molar-refractivity contribution >= 4 is 27.5 Å². The highest BCUT2D eigenvalue weighted by molar-refractivity contribution is 9.10. The number of aliphatic hydroxyl groups excluding tert-OH is 1. The average molecular weight is 341 g/mol. The maximum absolute atomic E-state index is 11.8. The summed E-state index contributed by atoms with van der Waals surface area (Å²) in [4.78, 5) is 11.8. The summed E-state index contributed by atoms with van der Waals surface area (Å²) in [6, 6.07) is 7.54. The van der Waals surface area contributed by atoms with Gasteiger partial charge in [0.15, 0.2) is 0 Å². The summed E-state index contributed by atoms with van der Waals surface area (Å²) in [5, 5.41) is 15.3. The van der Waals surface area contributed by atoms with Crippen LogP contribution in [0.2, 0.25) is 0 Å². The second-order valence-corrected chi connectivity index (χ2v) is 6.24. The largest absolute Gasteiger partial charge is 0.396 e. The summed E-state index contributed by atoms with van der Waals surface area (Å²) < 4.78 is 0.944. The van der Waals surface area contributed by atoms with Crippen molar-refractivity contribution in [2.75, 3.05) is 25.0 Å². The van der Waals surface area contributed by atoms with Crippen LogP contribution in [-0.4, -0.2) is 30.7 Å². The fourth-order valence-electron chi connectivity index (χ4n) is 2.77. The summed E-state index contributed by atoms with van der Waals surface area (Å²) in [5.41, 5.74) is 0.792. The second-order valence-electron chi connectivity index (χ2n) is 5.32. The average Bonchev–Trinajstić information content (AvgIpc) is 2.86. The molecule has 0 saturated heterocycles. The number of carbonyl (C=O) groups excluding carboxylic acids is 1. The molecule has 0 heterocycles. The predicted molar refractivity (Wildman–Crippen MR) is 83.6 cm³/mol. The van der Waals surface area contributed by atoms with Gasteiger partial charge in [-0.05, 0) is 49.4 Å². The maximum Gasteiger partial charge on any atom is 0.238 e. The van der Waals surface area contributed by atoms with Gasteiger partial charge in [-0.1, -0.05) is 28.4 Å². The highest BCUT2D eigenvalue weighted by atomic mass is 79.9. The standard InChI is InChI=1S/C15H21BrN2O2/c16-13-5-2-6-14(7-13)18-15(20)9-17-8-11-3-1-4-12(11)10-19/h2,5-7,11-12,17,19H,1,3-4,8-10H2,(H,18,20). The van der Waals surface area contributed by atoms with E-state index in [1.807, 2.05) is 24.3 Å². The van der Waals surface area contributed by atoms with E-state index in [1.54, 1.807) is 0 Å². The molecule has 5 heteroatoms. The Morgan fingerprint density at radius 2 is 2.15 bits per heavy atom. The van der Waals surface area contributed by atoms with Crippen LogP contribution in [0.15, 0.2) is 28.7 Å². The molecule has 2 unspecified atom stereocenters. The molecule has 1 aromatic rings. The quantitative estimate of drug-likeness (QED) is 0.745. The Morgan fingerprint density at radius 1 is 1.35 bits per heavy atom. The Balaban J connectivity index is 1.70. The van der Waals surface area contributed by atoms with Crippen molar-refractivity contribution in [1.82, 2.24) is 5.32 Å². The minimum Gasteiger partial charge on any atom is -0.396 e. The number of aliphatic hydroxyl groups is 1. The van der Waals surface area contributed by atoms with E-state index in [1.165, 1.54) is 6.42 Å². The lowest BCUT2D eigenvalue weighted by molar-refractivity contribution is -0.115. The molecule has 3 N–H and O–H groups in total. The number of hydrogen-bond donors (Lipinski definition) is 3. The molecule has 20 heavy (non-hydrogen) atoms. The number of nitrogens with one attached hydrogen (secondary N) is 2. The van der Waals surface area contributed by atoms with Crippen molar-refractivity contribution in [3.63, 3.8) is 0 Å². The molecular formula is C15H21BrN2O2. The number of hydrogen-bond acceptors (Lipinski definition) is 3. The van der Waals surface area contributed by atoms with E-state index in [4.69, 9.17) is 0 Å². The van der Waals surface area contributed by atoms with Gasteiger partial charge in [0.2, 0.25) is 5.91 Å². The van der Waals surface area contributed by atoms with Crippen molar-refractivity contribution in [1.29, 1.82) is 0 Å². The van der Waals surface area contributed by atoms with Crippen LogP contribution in [-0.2, 0) is 4.79 Å². The van der Waals surface area contributed by atoms with Crippen LogP contribution in [0.4, 0.5) is 5.69 Å². The van der Waals surface area contributed by atoms with E-state index >= 15 is 0 Å². The number of carbonyl (C=O) groups is 1. The van der Waals surface area contributed by atoms with Gasteiger partial charge in [-0.3, -0.25) is 4.79 Å². The third kappa shape index (κ3) is 4.58. The highest BCUT2D eigenvalue weighted by Crippen LogP contribution is 2.30. The lowest BCUT2D eigenvalue weighted by Crippen LogP contribution is -2.33.